The molecule has 0 bridgehead atoms. The fourth-order valence-corrected chi connectivity index (χ4v) is 2.27. The third kappa shape index (κ3) is 4.77. The average molecular weight is 353 g/mol. The molecule has 0 saturated carbocycles. The van der Waals surface area contributed by atoms with Gasteiger partial charge in [0, 0.05) is 18.3 Å². The second kappa shape index (κ2) is 8.59. The molecule has 134 valence electrons. The van der Waals surface area contributed by atoms with Gasteiger partial charge in [0.15, 0.2) is 0 Å². The lowest BCUT2D eigenvalue weighted by Gasteiger charge is -2.22. The number of nitrogens with two attached hydrogens (primary N) is 1. The zero-order chi connectivity index (χ0) is 18.4. The normalized spacial score (nSPS) is 13.5. The summed E-state index contributed by atoms with van der Waals surface area (Å²) in [6, 6.07) is 8.62. The smallest absolute Gasteiger partial charge is 0.315 e. The van der Waals surface area contributed by atoms with E-state index >= 15 is 0 Å². The average Bonchev–Trinajstić information content (AvgIpc) is 2.65. The number of aliphatic hydroxyl groups is 1. The maximum atomic E-state index is 13.0. The van der Waals surface area contributed by atoms with Crippen LogP contribution in [0.3, 0.4) is 0 Å². The number of carbonyl (C=O) groups excluding carboxylic acids is 1. The maximum absolute atomic E-state index is 13.0. The largest absolute Gasteiger partial charge is 0.386 e. The van der Waals surface area contributed by atoms with Crippen LogP contribution in [0.4, 0.5) is 13.2 Å². The topological polar surface area (TPSA) is 88.2 Å². The standard InChI is InChI=1S/C17H18F3N3O2/c18-7-14(23-17(25)16(19)20)15(24)11-3-1-10(2-4-11)12-5-6-13(8-21)22-9-12/h1-6,9,14-16,24H,7-8,21H2,(H,23,25)/t14-,15-/m1/s1. The summed E-state index contributed by atoms with van der Waals surface area (Å²) in [4.78, 5) is 15.2. The molecule has 8 heteroatoms. The first-order valence-corrected chi connectivity index (χ1v) is 7.54. The molecular weight excluding hydrogens is 335 g/mol. The van der Waals surface area contributed by atoms with E-state index in [1.54, 1.807) is 29.7 Å². The van der Waals surface area contributed by atoms with Crippen LogP contribution in [0.25, 0.3) is 11.1 Å². The molecule has 1 heterocycles. The summed E-state index contributed by atoms with van der Waals surface area (Å²) >= 11 is 0. The molecule has 2 aromatic rings. The summed E-state index contributed by atoms with van der Waals surface area (Å²) in [5.74, 6) is -1.62. The first-order valence-electron chi connectivity index (χ1n) is 7.54. The van der Waals surface area contributed by atoms with Crippen molar-refractivity contribution >= 4 is 5.91 Å². The number of aromatic nitrogens is 1. The molecule has 0 aliphatic heterocycles. The number of alkyl halides is 3. The van der Waals surface area contributed by atoms with Gasteiger partial charge in [-0.25, -0.2) is 4.39 Å². The Hall–Kier alpha value is -2.45. The molecule has 0 saturated heterocycles. The van der Waals surface area contributed by atoms with Crippen LogP contribution >= 0.6 is 0 Å². The maximum Gasteiger partial charge on any atom is 0.315 e. The van der Waals surface area contributed by atoms with E-state index < -0.39 is 31.2 Å². The van der Waals surface area contributed by atoms with Crippen molar-refractivity contribution in [1.82, 2.24) is 10.3 Å². The van der Waals surface area contributed by atoms with Crippen molar-refractivity contribution in [2.45, 2.75) is 25.1 Å². The van der Waals surface area contributed by atoms with E-state index in [-0.39, 0.29) is 0 Å². The minimum Gasteiger partial charge on any atom is -0.386 e. The predicted molar refractivity (Wildman–Crippen MR) is 86.4 cm³/mol. The summed E-state index contributed by atoms with van der Waals surface area (Å²) in [6.45, 7) is -0.841. The molecule has 1 aromatic carbocycles. The Labute approximate surface area is 142 Å². The summed E-state index contributed by atoms with van der Waals surface area (Å²) < 4.78 is 37.5. The van der Waals surface area contributed by atoms with Crippen LogP contribution in [0.1, 0.15) is 17.4 Å². The summed E-state index contributed by atoms with van der Waals surface area (Å²) in [5, 5.41) is 11.9. The van der Waals surface area contributed by atoms with E-state index in [1.807, 2.05) is 6.07 Å². The Kier molecular flexibility index (Phi) is 6.49. The van der Waals surface area contributed by atoms with Gasteiger partial charge < -0.3 is 16.2 Å². The van der Waals surface area contributed by atoms with E-state index in [9.17, 15) is 23.1 Å². The van der Waals surface area contributed by atoms with E-state index in [1.165, 1.54) is 12.1 Å². The van der Waals surface area contributed by atoms with Crippen molar-refractivity contribution in [2.75, 3.05) is 6.67 Å². The zero-order valence-corrected chi connectivity index (χ0v) is 13.2. The Morgan fingerprint density at radius 2 is 1.80 bits per heavy atom. The van der Waals surface area contributed by atoms with Crippen molar-refractivity contribution in [3.05, 3.63) is 53.9 Å². The SMILES string of the molecule is NCc1ccc(-c2ccc([C@@H](O)[C@@H](CF)NC(=O)C(F)F)cc2)cn1. The lowest BCUT2D eigenvalue weighted by Crippen LogP contribution is -2.43. The van der Waals surface area contributed by atoms with Gasteiger partial charge in [0.2, 0.25) is 0 Å². The lowest BCUT2D eigenvalue weighted by atomic mass is 9.99. The van der Waals surface area contributed by atoms with Gasteiger partial charge in [-0.1, -0.05) is 30.3 Å². The molecule has 1 amide bonds. The van der Waals surface area contributed by atoms with Crippen LogP contribution < -0.4 is 11.1 Å². The highest BCUT2D eigenvalue weighted by Crippen LogP contribution is 2.23. The number of aliphatic hydroxyl groups excluding tert-OH is 1. The van der Waals surface area contributed by atoms with E-state index in [2.05, 4.69) is 4.98 Å². The molecule has 0 aliphatic rings. The van der Waals surface area contributed by atoms with E-state index in [4.69, 9.17) is 5.73 Å². The molecule has 4 N–H and O–H groups in total. The van der Waals surface area contributed by atoms with Gasteiger partial charge in [-0.05, 0) is 17.2 Å². The Bertz CT molecular complexity index is 693. The van der Waals surface area contributed by atoms with Gasteiger partial charge in [0.1, 0.15) is 12.8 Å². The Morgan fingerprint density at radius 1 is 1.16 bits per heavy atom. The van der Waals surface area contributed by atoms with Crippen LogP contribution in [-0.4, -0.2) is 35.1 Å². The van der Waals surface area contributed by atoms with Gasteiger partial charge in [0.25, 0.3) is 5.91 Å². The van der Waals surface area contributed by atoms with Crippen molar-refractivity contribution in [3.8, 4) is 11.1 Å². The molecule has 25 heavy (non-hydrogen) atoms. The minimum atomic E-state index is -3.27. The van der Waals surface area contributed by atoms with Crippen molar-refractivity contribution in [3.63, 3.8) is 0 Å². The molecule has 0 fully saturated rings. The number of carbonyl (C=O) groups is 1. The Balaban J connectivity index is 2.12. The molecule has 1 aromatic heterocycles. The monoisotopic (exact) mass is 353 g/mol. The van der Waals surface area contributed by atoms with Crippen LogP contribution in [-0.2, 0) is 11.3 Å². The van der Waals surface area contributed by atoms with Gasteiger partial charge in [-0.3, -0.25) is 9.78 Å². The number of nitrogens with zero attached hydrogens (tertiary/aromatic N) is 1. The number of hydrogen-bond acceptors (Lipinski definition) is 4. The van der Waals surface area contributed by atoms with Gasteiger partial charge in [-0.2, -0.15) is 8.78 Å². The first-order chi connectivity index (χ1) is 12.0. The number of pyridine rings is 1. The highest BCUT2D eigenvalue weighted by Gasteiger charge is 2.26. The number of nitrogens with one attached hydrogen (secondary N) is 1. The molecule has 0 unspecified atom stereocenters. The first kappa shape index (κ1) is 18.9. The van der Waals surface area contributed by atoms with Crippen LogP contribution in [0.5, 0.6) is 0 Å². The van der Waals surface area contributed by atoms with Gasteiger partial charge in [-0.15, -0.1) is 0 Å². The fourth-order valence-electron chi connectivity index (χ4n) is 2.27. The summed E-state index contributed by atoms with van der Waals surface area (Å²) in [7, 11) is 0. The highest BCUT2D eigenvalue weighted by atomic mass is 19.3. The summed E-state index contributed by atoms with van der Waals surface area (Å²) in [5.41, 5.74) is 8.16. The molecule has 2 atom stereocenters. The molecule has 5 nitrogen and oxygen atoms in total. The zero-order valence-electron chi connectivity index (χ0n) is 13.2. The second-order valence-electron chi connectivity index (χ2n) is 5.38. The fraction of sp³-hybridized carbons (Fsp3) is 0.294. The summed E-state index contributed by atoms with van der Waals surface area (Å²) in [6.07, 6.45) is -3.06. The number of amides is 1. The van der Waals surface area contributed by atoms with Crippen LogP contribution in [0, 0.1) is 0 Å². The van der Waals surface area contributed by atoms with Crippen molar-refractivity contribution in [1.29, 1.82) is 0 Å². The second-order valence-corrected chi connectivity index (χ2v) is 5.38. The molecular formula is C17H18F3N3O2. The van der Waals surface area contributed by atoms with Gasteiger partial charge in [0.05, 0.1) is 11.7 Å². The molecule has 0 aliphatic carbocycles. The number of rotatable bonds is 7. The third-order valence-electron chi connectivity index (χ3n) is 3.69. The highest BCUT2D eigenvalue weighted by molar-refractivity contribution is 5.79. The van der Waals surface area contributed by atoms with Crippen LogP contribution in [0.15, 0.2) is 42.6 Å². The Morgan fingerprint density at radius 3 is 2.28 bits per heavy atom. The van der Waals surface area contributed by atoms with Crippen molar-refractivity contribution in [2.24, 2.45) is 5.73 Å². The van der Waals surface area contributed by atoms with Crippen molar-refractivity contribution < 1.29 is 23.1 Å². The van der Waals surface area contributed by atoms with Gasteiger partial charge >= 0.3 is 6.43 Å². The number of benzene rings is 1. The molecule has 0 spiro atoms. The van der Waals surface area contributed by atoms with E-state index in [0.717, 1.165) is 16.8 Å². The predicted octanol–water partition coefficient (Wildman–Crippen LogP) is 1.96. The third-order valence-corrected chi connectivity index (χ3v) is 3.69. The lowest BCUT2D eigenvalue weighted by molar-refractivity contribution is -0.133. The molecule has 2 rings (SSSR count). The number of hydrogen-bond donors (Lipinski definition) is 3. The quantitative estimate of drug-likeness (QED) is 0.710. The minimum absolute atomic E-state index is 0.299. The van der Waals surface area contributed by atoms with Crippen LogP contribution in [0.2, 0.25) is 0 Å². The van der Waals surface area contributed by atoms with E-state index in [0.29, 0.717) is 12.1 Å². The molecule has 0 radical (unpaired) electrons. The number of halogens is 3.